The van der Waals surface area contributed by atoms with Gasteiger partial charge in [-0.25, -0.2) is 4.98 Å². The Labute approximate surface area is 178 Å². The second kappa shape index (κ2) is 9.23. The average molecular weight is 426 g/mol. The quantitative estimate of drug-likeness (QED) is 0.606. The normalized spacial score (nSPS) is 15.8. The third-order valence-corrected chi connectivity index (χ3v) is 6.06. The van der Waals surface area contributed by atoms with E-state index in [1.807, 2.05) is 30.3 Å². The number of pyridine rings is 1. The largest absolute Gasteiger partial charge is 0.490 e. The lowest BCUT2D eigenvalue weighted by atomic mass is 10.2. The summed E-state index contributed by atoms with van der Waals surface area (Å²) in [6, 6.07) is 11.4. The molecule has 2 N–H and O–H groups in total. The molecular formula is C22H23N3O4S. The zero-order valence-corrected chi connectivity index (χ0v) is 17.5. The van der Waals surface area contributed by atoms with Crippen LogP contribution in [-0.4, -0.2) is 35.2 Å². The molecular weight excluding hydrogens is 402 g/mol. The number of aromatic nitrogens is 2. The lowest BCUT2D eigenvalue weighted by molar-refractivity contribution is 0.0681. The van der Waals surface area contributed by atoms with Crippen molar-refractivity contribution in [3.05, 3.63) is 69.1 Å². The van der Waals surface area contributed by atoms with Gasteiger partial charge in [-0.15, -0.1) is 11.3 Å². The maximum atomic E-state index is 12.7. The molecule has 1 aliphatic rings. The number of amides is 1. The second-order valence-corrected chi connectivity index (χ2v) is 8.09. The van der Waals surface area contributed by atoms with Crippen LogP contribution in [0.5, 0.6) is 5.75 Å². The summed E-state index contributed by atoms with van der Waals surface area (Å²) >= 11 is 1.19. The third-order valence-electron chi connectivity index (χ3n) is 4.88. The minimum absolute atomic E-state index is 0.0366. The number of nitrogens with one attached hydrogen (secondary N) is 2. The van der Waals surface area contributed by atoms with Crippen LogP contribution in [-0.2, 0) is 11.3 Å². The summed E-state index contributed by atoms with van der Waals surface area (Å²) in [6.07, 6.45) is 3.55. The zero-order valence-electron chi connectivity index (χ0n) is 16.6. The van der Waals surface area contributed by atoms with Crippen LogP contribution in [0.2, 0.25) is 0 Å². The Bertz CT molecular complexity index is 1070. The molecule has 3 heterocycles. The molecule has 4 rings (SSSR count). The average Bonchev–Trinajstić information content (AvgIpc) is 3.41. The summed E-state index contributed by atoms with van der Waals surface area (Å²) < 4.78 is 11.5. The van der Waals surface area contributed by atoms with Gasteiger partial charge in [-0.05, 0) is 31.4 Å². The number of hydrogen-bond donors (Lipinski definition) is 2. The van der Waals surface area contributed by atoms with Crippen molar-refractivity contribution < 1.29 is 14.3 Å². The van der Waals surface area contributed by atoms with Crippen LogP contribution in [0.4, 0.5) is 0 Å². The van der Waals surface area contributed by atoms with Gasteiger partial charge in [0.25, 0.3) is 11.5 Å². The fraction of sp³-hybridized carbons (Fsp3) is 0.318. The Hall–Kier alpha value is -2.97. The highest BCUT2D eigenvalue weighted by Gasteiger charge is 2.22. The van der Waals surface area contributed by atoms with Gasteiger partial charge in [0.15, 0.2) is 0 Å². The molecule has 30 heavy (non-hydrogen) atoms. The summed E-state index contributed by atoms with van der Waals surface area (Å²) in [5, 5.41) is 3.37. The number of benzene rings is 1. The molecule has 7 nitrogen and oxygen atoms in total. The van der Waals surface area contributed by atoms with E-state index in [-0.39, 0.29) is 17.6 Å². The highest BCUT2D eigenvalue weighted by Crippen LogP contribution is 2.32. The van der Waals surface area contributed by atoms with Gasteiger partial charge in [-0.2, -0.15) is 0 Å². The van der Waals surface area contributed by atoms with Crippen molar-refractivity contribution in [3.8, 4) is 16.3 Å². The number of rotatable bonds is 7. The Morgan fingerprint density at radius 1 is 1.33 bits per heavy atom. The van der Waals surface area contributed by atoms with Crippen molar-refractivity contribution >= 4 is 17.2 Å². The molecule has 0 radical (unpaired) electrons. The van der Waals surface area contributed by atoms with E-state index in [0.717, 1.165) is 25.0 Å². The molecule has 0 aliphatic carbocycles. The van der Waals surface area contributed by atoms with Gasteiger partial charge < -0.3 is 19.8 Å². The molecule has 0 saturated carbocycles. The first-order valence-electron chi connectivity index (χ1n) is 9.88. The summed E-state index contributed by atoms with van der Waals surface area (Å²) in [6.45, 7) is 3.31. The van der Waals surface area contributed by atoms with Crippen molar-refractivity contribution in [1.29, 1.82) is 0 Å². The summed E-state index contributed by atoms with van der Waals surface area (Å²) in [5.74, 6) is 0.230. The fourth-order valence-electron chi connectivity index (χ4n) is 3.31. The van der Waals surface area contributed by atoms with E-state index in [4.69, 9.17) is 9.47 Å². The van der Waals surface area contributed by atoms with Crippen LogP contribution in [0.25, 0.3) is 10.6 Å². The topological polar surface area (TPSA) is 93.3 Å². The van der Waals surface area contributed by atoms with Gasteiger partial charge in [-0.3, -0.25) is 9.59 Å². The van der Waals surface area contributed by atoms with Gasteiger partial charge in [0.2, 0.25) is 0 Å². The number of carbonyl (C=O) groups is 1. The van der Waals surface area contributed by atoms with Crippen LogP contribution in [0, 0.1) is 6.92 Å². The molecule has 1 saturated heterocycles. The maximum Gasteiger partial charge on any atom is 0.263 e. The minimum atomic E-state index is -0.301. The van der Waals surface area contributed by atoms with E-state index in [0.29, 0.717) is 40.0 Å². The first kappa shape index (κ1) is 20.3. The van der Waals surface area contributed by atoms with E-state index in [9.17, 15) is 9.59 Å². The van der Waals surface area contributed by atoms with Crippen LogP contribution < -0.4 is 15.6 Å². The molecule has 8 heteroatoms. The van der Waals surface area contributed by atoms with Crippen molar-refractivity contribution in [2.24, 2.45) is 0 Å². The van der Waals surface area contributed by atoms with Crippen molar-refractivity contribution in [2.75, 3.05) is 13.2 Å². The first-order valence-corrected chi connectivity index (χ1v) is 10.7. The van der Waals surface area contributed by atoms with Crippen LogP contribution >= 0.6 is 11.3 Å². The van der Waals surface area contributed by atoms with Gasteiger partial charge in [0.05, 0.1) is 11.8 Å². The lowest BCUT2D eigenvalue weighted by Crippen LogP contribution is -2.22. The van der Waals surface area contributed by atoms with E-state index >= 15 is 0 Å². The predicted molar refractivity (Wildman–Crippen MR) is 115 cm³/mol. The lowest BCUT2D eigenvalue weighted by Gasteiger charge is -2.13. The number of aryl methyl sites for hydroxylation is 1. The second-order valence-electron chi connectivity index (χ2n) is 7.09. The zero-order chi connectivity index (χ0) is 20.9. The Balaban J connectivity index is 1.53. The molecule has 1 aliphatic heterocycles. The van der Waals surface area contributed by atoms with Crippen molar-refractivity contribution in [3.63, 3.8) is 0 Å². The molecule has 0 bridgehead atoms. The van der Waals surface area contributed by atoms with E-state index in [2.05, 4.69) is 15.3 Å². The van der Waals surface area contributed by atoms with Gasteiger partial charge in [0.1, 0.15) is 27.8 Å². The molecule has 1 aromatic carbocycles. The summed E-state index contributed by atoms with van der Waals surface area (Å²) in [5.41, 5.74) is 1.63. The number of H-pyrrole nitrogens is 1. The van der Waals surface area contributed by atoms with Gasteiger partial charge in [0, 0.05) is 19.3 Å². The number of ether oxygens (including phenoxy) is 2. The van der Waals surface area contributed by atoms with Gasteiger partial charge >= 0.3 is 0 Å². The summed E-state index contributed by atoms with van der Waals surface area (Å²) in [4.78, 5) is 32.9. The number of nitrogens with zero attached hydrogens (tertiary/aromatic N) is 1. The van der Waals surface area contributed by atoms with Crippen molar-refractivity contribution in [1.82, 2.24) is 15.3 Å². The highest BCUT2D eigenvalue weighted by molar-refractivity contribution is 7.17. The monoisotopic (exact) mass is 425 g/mol. The molecule has 1 unspecified atom stereocenters. The Morgan fingerprint density at radius 3 is 2.93 bits per heavy atom. The minimum Gasteiger partial charge on any atom is -0.490 e. The number of carbonyl (C=O) groups excluding carboxylic acids is 1. The highest BCUT2D eigenvalue weighted by atomic mass is 32.1. The predicted octanol–water partition coefficient (Wildman–Crippen LogP) is 3.29. The number of hydrogen-bond acceptors (Lipinski definition) is 6. The molecule has 3 aromatic rings. The molecule has 156 valence electrons. The molecule has 2 aromatic heterocycles. The third kappa shape index (κ3) is 4.60. The number of aromatic amines is 1. The SMILES string of the molecule is Cc1nc(-c2c(OCC3CCCO3)cc[nH]c2=O)sc1C(=O)NCc1ccccc1. The van der Waals surface area contributed by atoms with Gasteiger partial charge in [-0.1, -0.05) is 30.3 Å². The van der Waals surface area contributed by atoms with Crippen LogP contribution in [0.1, 0.15) is 33.8 Å². The Morgan fingerprint density at radius 2 is 2.17 bits per heavy atom. The van der Waals surface area contributed by atoms with Crippen LogP contribution in [0.15, 0.2) is 47.4 Å². The van der Waals surface area contributed by atoms with E-state index in [1.165, 1.54) is 11.3 Å². The maximum absolute atomic E-state index is 12.7. The Kier molecular flexibility index (Phi) is 6.25. The first-order chi connectivity index (χ1) is 14.6. The molecule has 1 atom stereocenters. The summed E-state index contributed by atoms with van der Waals surface area (Å²) in [7, 11) is 0. The molecule has 1 amide bonds. The van der Waals surface area contributed by atoms with E-state index < -0.39 is 0 Å². The van der Waals surface area contributed by atoms with E-state index in [1.54, 1.807) is 19.2 Å². The molecule has 1 fully saturated rings. The van der Waals surface area contributed by atoms with Crippen molar-refractivity contribution in [2.45, 2.75) is 32.4 Å². The fourth-order valence-corrected chi connectivity index (χ4v) is 4.34. The number of thiazole rings is 1. The van der Waals surface area contributed by atoms with Crippen LogP contribution in [0.3, 0.4) is 0 Å². The smallest absolute Gasteiger partial charge is 0.263 e. The molecule has 0 spiro atoms. The standard InChI is InChI=1S/C22H23N3O4S/c1-14-19(21(27)24-12-15-6-3-2-4-7-15)30-22(25-14)18-17(9-10-23-20(18)26)29-13-16-8-5-11-28-16/h2-4,6-7,9-10,16H,5,8,11-13H2,1H3,(H,23,26)(H,24,27).